The summed E-state index contributed by atoms with van der Waals surface area (Å²) in [5, 5.41) is 4.10. The second-order valence-corrected chi connectivity index (χ2v) is 4.71. The van der Waals surface area contributed by atoms with Gasteiger partial charge in [0, 0.05) is 18.3 Å². The van der Waals surface area contributed by atoms with E-state index in [1.54, 1.807) is 0 Å². The molecule has 0 amide bonds. The van der Waals surface area contributed by atoms with Gasteiger partial charge in [-0.15, -0.1) is 0 Å². The van der Waals surface area contributed by atoms with Crippen LogP contribution in [0.4, 0.5) is 5.69 Å². The number of hydrogen-bond acceptors (Lipinski definition) is 2. The molecule has 0 aliphatic rings. The number of aromatic nitrogens is 1. The second kappa shape index (κ2) is 5.08. The van der Waals surface area contributed by atoms with Gasteiger partial charge >= 0.3 is 0 Å². The predicted octanol–water partition coefficient (Wildman–Crippen LogP) is 3.24. The van der Waals surface area contributed by atoms with Crippen molar-refractivity contribution in [3.63, 3.8) is 0 Å². The first-order chi connectivity index (χ1) is 8.60. The van der Waals surface area contributed by atoms with Gasteiger partial charge in [0.25, 0.3) is 5.56 Å². The van der Waals surface area contributed by atoms with Gasteiger partial charge in [0.2, 0.25) is 0 Å². The van der Waals surface area contributed by atoms with E-state index in [2.05, 4.69) is 24.1 Å². The lowest BCUT2D eigenvalue weighted by Crippen LogP contribution is -2.09. The summed E-state index contributed by atoms with van der Waals surface area (Å²) in [4.78, 5) is 14.8. The zero-order chi connectivity index (χ0) is 13.1. The molecule has 0 radical (unpaired) electrons. The molecule has 2 rings (SSSR count). The van der Waals surface area contributed by atoms with Crippen LogP contribution in [0.5, 0.6) is 0 Å². The Morgan fingerprint density at radius 3 is 2.72 bits per heavy atom. The zero-order valence-corrected chi connectivity index (χ0v) is 10.9. The first kappa shape index (κ1) is 12.4. The van der Waals surface area contributed by atoms with Crippen LogP contribution in [0.2, 0.25) is 0 Å². The lowest BCUT2D eigenvalue weighted by atomic mass is 10.1. The van der Waals surface area contributed by atoms with Crippen LogP contribution in [-0.2, 0) is 0 Å². The summed E-state index contributed by atoms with van der Waals surface area (Å²) in [5.41, 5.74) is 2.50. The molecule has 0 saturated heterocycles. The van der Waals surface area contributed by atoms with Gasteiger partial charge in [-0.2, -0.15) is 0 Å². The van der Waals surface area contributed by atoms with E-state index in [1.807, 2.05) is 43.5 Å². The number of aromatic amines is 1. The van der Waals surface area contributed by atoms with Crippen LogP contribution in [0.3, 0.4) is 0 Å². The van der Waals surface area contributed by atoms with Crippen molar-refractivity contribution >= 4 is 22.7 Å². The highest BCUT2D eigenvalue weighted by atomic mass is 16.1. The molecule has 3 heteroatoms. The molecule has 94 valence electrons. The molecule has 0 saturated carbocycles. The third-order valence-corrected chi connectivity index (χ3v) is 2.82. The number of H-pyrrole nitrogens is 1. The molecule has 2 aromatic rings. The SMILES string of the molecule is CNc1ccc2cc(/C=C/C(C)C)c(=O)[nH]c2c1. The molecule has 1 aromatic heterocycles. The van der Waals surface area contributed by atoms with Gasteiger partial charge in [-0.3, -0.25) is 4.79 Å². The van der Waals surface area contributed by atoms with Gasteiger partial charge < -0.3 is 10.3 Å². The standard InChI is InChI=1S/C15H18N2O/c1-10(2)4-5-12-8-11-6-7-13(16-3)9-14(11)17-15(12)18/h4-10,16H,1-3H3,(H,17,18)/b5-4+. The molecule has 0 fully saturated rings. The maximum Gasteiger partial charge on any atom is 0.255 e. The van der Waals surface area contributed by atoms with Crippen molar-refractivity contribution in [1.29, 1.82) is 0 Å². The maximum absolute atomic E-state index is 11.9. The minimum atomic E-state index is -0.0485. The van der Waals surface area contributed by atoms with E-state index in [4.69, 9.17) is 0 Å². The van der Waals surface area contributed by atoms with Gasteiger partial charge in [0.05, 0.1) is 5.52 Å². The molecule has 0 aliphatic heterocycles. The summed E-state index contributed by atoms with van der Waals surface area (Å²) in [6.07, 6.45) is 3.91. The first-order valence-corrected chi connectivity index (χ1v) is 6.13. The molecule has 0 spiro atoms. The van der Waals surface area contributed by atoms with Crippen LogP contribution in [0.15, 0.2) is 35.1 Å². The lowest BCUT2D eigenvalue weighted by molar-refractivity contribution is 0.836. The Balaban J connectivity index is 2.53. The Kier molecular flexibility index (Phi) is 3.51. The Bertz CT molecular complexity index is 638. The summed E-state index contributed by atoms with van der Waals surface area (Å²) in [7, 11) is 1.86. The molecule has 0 aliphatic carbocycles. The van der Waals surface area contributed by atoms with Crippen molar-refractivity contribution in [1.82, 2.24) is 4.98 Å². The van der Waals surface area contributed by atoms with Gasteiger partial charge in [-0.25, -0.2) is 0 Å². The Labute approximate surface area is 107 Å². The molecule has 2 N–H and O–H groups in total. The van der Waals surface area contributed by atoms with E-state index >= 15 is 0 Å². The Morgan fingerprint density at radius 1 is 1.28 bits per heavy atom. The Morgan fingerprint density at radius 2 is 2.06 bits per heavy atom. The fourth-order valence-corrected chi connectivity index (χ4v) is 1.79. The van der Waals surface area contributed by atoms with E-state index < -0.39 is 0 Å². The van der Waals surface area contributed by atoms with E-state index in [-0.39, 0.29) is 5.56 Å². The minimum absolute atomic E-state index is 0.0485. The minimum Gasteiger partial charge on any atom is -0.388 e. The van der Waals surface area contributed by atoms with Crippen LogP contribution >= 0.6 is 0 Å². The summed E-state index contributed by atoms with van der Waals surface area (Å²) in [5.74, 6) is 0.437. The number of benzene rings is 1. The summed E-state index contributed by atoms with van der Waals surface area (Å²) in [6, 6.07) is 7.86. The molecule has 0 unspecified atom stereocenters. The van der Waals surface area contributed by atoms with Gasteiger partial charge in [0.15, 0.2) is 0 Å². The fraction of sp³-hybridized carbons (Fsp3) is 0.267. The van der Waals surface area contributed by atoms with E-state index in [1.165, 1.54) is 0 Å². The van der Waals surface area contributed by atoms with Crippen LogP contribution in [0.1, 0.15) is 19.4 Å². The van der Waals surface area contributed by atoms with Crippen LogP contribution in [0.25, 0.3) is 17.0 Å². The number of fused-ring (bicyclic) bond motifs is 1. The average molecular weight is 242 g/mol. The van der Waals surface area contributed by atoms with Crippen molar-refractivity contribution in [2.24, 2.45) is 5.92 Å². The predicted molar refractivity (Wildman–Crippen MR) is 78.0 cm³/mol. The second-order valence-electron chi connectivity index (χ2n) is 4.71. The van der Waals surface area contributed by atoms with E-state index in [0.29, 0.717) is 11.5 Å². The molecule has 1 heterocycles. The molecular formula is C15H18N2O. The fourth-order valence-electron chi connectivity index (χ4n) is 1.79. The molecule has 0 bridgehead atoms. The number of rotatable bonds is 3. The quantitative estimate of drug-likeness (QED) is 0.867. The van der Waals surface area contributed by atoms with E-state index in [9.17, 15) is 4.79 Å². The van der Waals surface area contributed by atoms with Crippen LogP contribution < -0.4 is 10.9 Å². The highest BCUT2D eigenvalue weighted by Crippen LogP contribution is 2.17. The van der Waals surface area contributed by atoms with Gasteiger partial charge in [0.1, 0.15) is 0 Å². The van der Waals surface area contributed by atoms with Crippen LogP contribution in [0, 0.1) is 5.92 Å². The highest BCUT2D eigenvalue weighted by Gasteiger charge is 2.01. The largest absolute Gasteiger partial charge is 0.388 e. The van der Waals surface area contributed by atoms with Gasteiger partial charge in [-0.1, -0.05) is 32.1 Å². The van der Waals surface area contributed by atoms with Crippen LogP contribution in [-0.4, -0.2) is 12.0 Å². The third-order valence-electron chi connectivity index (χ3n) is 2.82. The van der Waals surface area contributed by atoms with Crippen molar-refractivity contribution in [3.8, 4) is 0 Å². The molecule has 3 nitrogen and oxygen atoms in total. The highest BCUT2D eigenvalue weighted by molar-refractivity contribution is 5.83. The van der Waals surface area contributed by atoms with Crippen molar-refractivity contribution in [2.45, 2.75) is 13.8 Å². The average Bonchev–Trinajstić information content (AvgIpc) is 2.35. The summed E-state index contributed by atoms with van der Waals surface area (Å²) < 4.78 is 0. The number of allylic oxidation sites excluding steroid dienone is 1. The molecular weight excluding hydrogens is 224 g/mol. The summed E-state index contributed by atoms with van der Waals surface area (Å²) in [6.45, 7) is 4.18. The lowest BCUT2D eigenvalue weighted by Gasteiger charge is -2.04. The number of hydrogen-bond donors (Lipinski definition) is 2. The normalized spacial score (nSPS) is 11.6. The molecule has 18 heavy (non-hydrogen) atoms. The number of nitrogens with one attached hydrogen (secondary N) is 2. The maximum atomic E-state index is 11.9. The third kappa shape index (κ3) is 2.62. The molecule has 1 aromatic carbocycles. The zero-order valence-electron chi connectivity index (χ0n) is 10.9. The summed E-state index contributed by atoms with van der Waals surface area (Å²) >= 11 is 0. The first-order valence-electron chi connectivity index (χ1n) is 6.13. The topological polar surface area (TPSA) is 44.9 Å². The number of pyridine rings is 1. The van der Waals surface area contributed by atoms with Crippen molar-refractivity contribution < 1.29 is 0 Å². The smallest absolute Gasteiger partial charge is 0.255 e. The van der Waals surface area contributed by atoms with E-state index in [0.717, 1.165) is 16.6 Å². The van der Waals surface area contributed by atoms with Crippen molar-refractivity contribution in [3.05, 3.63) is 46.3 Å². The molecule has 0 atom stereocenters. The number of anilines is 1. The van der Waals surface area contributed by atoms with Gasteiger partial charge in [-0.05, 0) is 29.5 Å². The Hall–Kier alpha value is -2.03. The van der Waals surface area contributed by atoms with Crippen molar-refractivity contribution in [2.75, 3.05) is 12.4 Å². The monoisotopic (exact) mass is 242 g/mol.